The Balaban J connectivity index is 1.86. The molecule has 0 aliphatic carbocycles. The van der Waals surface area contributed by atoms with Gasteiger partial charge in [-0.05, 0) is 35.4 Å². The fourth-order valence-corrected chi connectivity index (χ4v) is 4.04. The van der Waals surface area contributed by atoms with Crippen LogP contribution in [0.15, 0.2) is 109 Å². The first-order chi connectivity index (χ1) is 16.2. The summed E-state index contributed by atoms with van der Waals surface area (Å²) in [7, 11) is 3.26. The lowest BCUT2D eigenvalue weighted by Crippen LogP contribution is -2.35. The smallest absolute Gasteiger partial charge is 0.255 e. The normalized spacial score (nSPS) is 10.6. The van der Waals surface area contributed by atoms with Gasteiger partial charge in [0.15, 0.2) is 0 Å². The zero-order valence-electron chi connectivity index (χ0n) is 18.8. The Labute approximate surface area is 195 Å². The maximum atomic E-state index is 14.0. The Hall–Kier alpha value is -4.05. The topological polar surface area (TPSA) is 38.8 Å². The van der Waals surface area contributed by atoms with Crippen molar-refractivity contribution in [3.8, 4) is 11.5 Å². The van der Waals surface area contributed by atoms with E-state index in [0.29, 0.717) is 17.9 Å². The second-order valence-electron chi connectivity index (χ2n) is 7.70. The molecule has 0 saturated heterocycles. The molecule has 4 nitrogen and oxygen atoms in total. The summed E-state index contributed by atoms with van der Waals surface area (Å²) in [4.78, 5) is 15.9. The number of nitrogens with zero attached hydrogens (tertiary/aromatic N) is 1. The van der Waals surface area contributed by atoms with Crippen LogP contribution in [0.3, 0.4) is 0 Å². The van der Waals surface area contributed by atoms with Gasteiger partial charge in [-0.2, -0.15) is 0 Å². The Kier molecular flexibility index (Phi) is 7.06. The molecule has 0 aliphatic heterocycles. The third-order valence-corrected chi connectivity index (χ3v) is 5.65. The number of ether oxygens (including phenoxy) is 2. The van der Waals surface area contributed by atoms with Gasteiger partial charge < -0.3 is 14.4 Å². The third kappa shape index (κ3) is 5.07. The van der Waals surface area contributed by atoms with Gasteiger partial charge in [0.2, 0.25) is 0 Å². The van der Waals surface area contributed by atoms with E-state index in [0.717, 1.165) is 22.4 Å². The molecule has 166 valence electrons. The highest BCUT2D eigenvalue weighted by atomic mass is 16.5. The van der Waals surface area contributed by atoms with E-state index in [4.69, 9.17) is 9.47 Å². The molecule has 0 aromatic heterocycles. The van der Waals surface area contributed by atoms with Crippen LogP contribution in [0.25, 0.3) is 0 Å². The highest BCUT2D eigenvalue weighted by Crippen LogP contribution is 2.33. The lowest BCUT2D eigenvalue weighted by molar-refractivity contribution is 0.0689. The number of rotatable bonds is 8. The number of carbonyl (C=O) groups excluding carboxylic acids is 1. The van der Waals surface area contributed by atoms with Crippen molar-refractivity contribution < 1.29 is 14.3 Å². The van der Waals surface area contributed by atoms with Gasteiger partial charge in [0.05, 0.1) is 26.8 Å². The highest BCUT2D eigenvalue weighted by Gasteiger charge is 2.29. The van der Waals surface area contributed by atoms with Crippen molar-refractivity contribution >= 4 is 5.91 Å². The van der Waals surface area contributed by atoms with Gasteiger partial charge >= 0.3 is 0 Å². The molecule has 0 spiro atoms. The number of amides is 1. The number of benzene rings is 4. The van der Waals surface area contributed by atoms with E-state index in [9.17, 15) is 4.79 Å². The number of hydrogen-bond donors (Lipinski definition) is 0. The molecular formula is C29H27NO3. The maximum Gasteiger partial charge on any atom is 0.255 e. The summed E-state index contributed by atoms with van der Waals surface area (Å²) in [5.74, 6) is 1.31. The van der Waals surface area contributed by atoms with Gasteiger partial charge in [-0.25, -0.2) is 0 Å². The van der Waals surface area contributed by atoms with Crippen molar-refractivity contribution in [2.45, 2.75) is 12.6 Å². The van der Waals surface area contributed by atoms with Crippen molar-refractivity contribution in [3.05, 3.63) is 131 Å². The number of carbonyl (C=O) groups is 1. The number of methoxy groups -OCH3 is 2. The van der Waals surface area contributed by atoms with E-state index in [1.165, 1.54) is 0 Å². The highest BCUT2D eigenvalue weighted by molar-refractivity contribution is 5.95. The van der Waals surface area contributed by atoms with Gasteiger partial charge in [0, 0.05) is 11.1 Å². The van der Waals surface area contributed by atoms with Crippen LogP contribution in [0.5, 0.6) is 11.5 Å². The average molecular weight is 438 g/mol. The largest absolute Gasteiger partial charge is 0.497 e. The van der Waals surface area contributed by atoms with Crippen molar-refractivity contribution in [1.82, 2.24) is 4.90 Å². The molecule has 0 bridgehead atoms. The minimum absolute atomic E-state index is 0.0856. The van der Waals surface area contributed by atoms with Crippen molar-refractivity contribution in [2.24, 2.45) is 0 Å². The summed E-state index contributed by atoms with van der Waals surface area (Å²) < 4.78 is 11.0. The summed E-state index contributed by atoms with van der Waals surface area (Å²) in [5.41, 5.74) is 3.58. The average Bonchev–Trinajstić information content (AvgIpc) is 2.89. The summed E-state index contributed by atoms with van der Waals surface area (Å²) in [6.45, 7) is 0.383. The summed E-state index contributed by atoms with van der Waals surface area (Å²) in [6, 6.07) is 35.1. The maximum absolute atomic E-state index is 14.0. The van der Waals surface area contributed by atoms with Crippen LogP contribution in [-0.2, 0) is 6.54 Å². The van der Waals surface area contributed by atoms with Crippen LogP contribution in [0.1, 0.15) is 33.1 Å². The first-order valence-corrected chi connectivity index (χ1v) is 10.9. The molecule has 0 atom stereocenters. The van der Waals surface area contributed by atoms with E-state index < -0.39 is 0 Å². The van der Waals surface area contributed by atoms with Crippen LogP contribution in [0, 0.1) is 0 Å². The minimum Gasteiger partial charge on any atom is -0.497 e. The predicted molar refractivity (Wildman–Crippen MR) is 131 cm³/mol. The molecule has 0 unspecified atom stereocenters. The first kappa shape index (κ1) is 22.2. The van der Waals surface area contributed by atoms with Crippen LogP contribution < -0.4 is 9.47 Å². The SMILES string of the molecule is COc1cccc(C(=O)N(Cc2ccccc2OC)C(c2ccccc2)c2ccccc2)c1. The minimum atomic E-state index is -0.281. The molecule has 4 heteroatoms. The molecule has 4 rings (SSSR count). The van der Waals surface area contributed by atoms with Crippen molar-refractivity contribution in [1.29, 1.82) is 0 Å². The Morgan fingerprint density at radius 2 is 1.33 bits per heavy atom. The van der Waals surface area contributed by atoms with Crippen LogP contribution in [0.2, 0.25) is 0 Å². The molecule has 1 amide bonds. The van der Waals surface area contributed by atoms with Gasteiger partial charge in [0.25, 0.3) is 5.91 Å². The third-order valence-electron chi connectivity index (χ3n) is 5.65. The van der Waals surface area contributed by atoms with Gasteiger partial charge in [-0.3, -0.25) is 4.79 Å². The molecule has 33 heavy (non-hydrogen) atoms. The molecule has 0 aliphatic rings. The van der Waals surface area contributed by atoms with Crippen molar-refractivity contribution in [3.63, 3.8) is 0 Å². The standard InChI is InChI=1S/C29H27NO3/c1-32-26-18-11-17-24(20-26)29(31)30(21-25-16-9-10-19-27(25)33-2)28(22-12-5-3-6-13-22)23-14-7-4-8-15-23/h3-20,28H,21H2,1-2H3. The molecule has 0 N–H and O–H groups in total. The number of para-hydroxylation sites is 1. The van der Waals surface area contributed by atoms with Crippen LogP contribution in [-0.4, -0.2) is 25.0 Å². The fraction of sp³-hybridized carbons (Fsp3) is 0.138. The second kappa shape index (κ2) is 10.5. The second-order valence-corrected chi connectivity index (χ2v) is 7.70. The fourth-order valence-electron chi connectivity index (χ4n) is 4.04. The number of hydrogen-bond acceptors (Lipinski definition) is 3. The molecule has 0 fully saturated rings. The summed E-state index contributed by atoms with van der Waals surface area (Å²) in [6.07, 6.45) is 0. The van der Waals surface area contributed by atoms with Crippen LogP contribution in [0.4, 0.5) is 0 Å². The Morgan fingerprint density at radius 3 is 1.94 bits per heavy atom. The monoisotopic (exact) mass is 437 g/mol. The van der Waals surface area contributed by atoms with Gasteiger partial charge in [-0.15, -0.1) is 0 Å². The Bertz CT molecular complexity index is 1150. The molecule has 0 radical (unpaired) electrons. The molecule has 4 aromatic rings. The zero-order valence-corrected chi connectivity index (χ0v) is 18.8. The van der Waals surface area contributed by atoms with Crippen LogP contribution >= 0.6 is 0 Å². The predicted octanol–water partition coefficient (Wildman–Crippen LogP) is 6.14. The molecule has 0 heterocycles. The molecular weight excluding hydrogens is 410 g/mol. The summed E-state index contributed by atoms with van der Waals surface area (Å²) >= 11 is 0. The quantitative estimate of drug-likeness (QED) is 0.333. The van der Waals surface area contributed by atoms with Gasteiger partial charge in [-0.1, -0.05) is 84.9 Å². The Morgan fingerprint density at radius 1 is 0.727 bits per heavy atom. The lowest BCUT2D eigenvalue weighted by Gasteiger charge is -2.33. The van der Waals surface area contributed by atoms with Crippen molar-refractivity contribution in [2.75, 3.05) is 14.2 Å². The van der Waals surface area contributed by atoms with E-state index in [1.54, 1.807) is 20.3 Å². The molecule has 4 aromatic carbocycles. The molecule has 0 saturated carbocycles. The van der Waals surface area contributed by atoms with Gasteiger partial charge in [0.1, 0.15) is 11.5 Å². The van der Waals surface area contributed by atoms with E-state index in [2.05, 4.69) is 24.3 Å². The van der Waals surface area contributed by atoms with E-state index >= 15 is 0 Å². The zero-order chi connectivity index (χ0) is 23.0. The lowest BCUT2D eigenvalue weighted by atomic mass is 9.95. The first-order valence-electron chi connectivity index (χ1n) is 10.9. The summed E-state index contributed by atoms with van der Waals surface area (Å²) in [5, 5.41) is 0. The van der Waals surface area contributed by atoms with E-state index in [1.807, 2.05) is 83.8 Å². The van der Waals surface area contributed by atoms with E-state index in [-0.39, 0.29) is 11.9 Å².